The predicted octanol–water partition coefficient (Wildman–Crippen LogP) is 4.44. The quantitative estimate of drug-likeness (QED) is 0.295. The monoisotopic (exact) mass is 444 g/mol. The lowest BCUT2D eigenvalue weighted by atomic mass is 10.2. The summed E-state index contributed by atoms with van der Waals surface area (Å²) in [7, 11) is 0. The van der Waals surface area contributed by atoms with Gasteiger partial charge in [0.1, 0.15) is 24.8 Å². The summed E-state index contributed by atoms with van der Waals surface area (Å²) in [5.41, 5.74) is 2.36. The van der Waals surface area contributed by atoms with Crippen molar-refractivity contribution in [3.05, 3.63) is 107 Å². The Morgan fingerprint density at radius 2 is 1.76 bits per heavy atom. The Labute approximate surface area is 190 Å². The van der Waals surface area contributed by atoms with E-state index < -0.39 is 11.8 Å². The second-order valence-electron chi connectivity index (χ2n) is 7.22. The molecule has 0 fully saturated rings. The minimum absolute atomic E-state index is 0.0169. The summed E-state index contributed by atoms with van der Waals surface area (Å²) in [5.74, 6) is -0.00680. The summed E-state index contributed by atoms with van der Waals surface area (Å²) in [6.45, 7) is 2.10. The lowest BCUT2D eigenvalue weighted by molar-refractivity contribution is -0.138. The molecule has 8 heteroatoms. The average molecular weight is 444 g/mol. The average Bonchev–Trinajstić information content (AvgIpc) is 3.26. The first-order valence-corrected chi connectivity index (χ1v) is 10.2. The van der Waals surface area contributed by atoms with Crippen molar-refractivity contribution in [2.45, 2.75) is 20.1 Å². The highest BCUT2D eigenvalue weighted by atomic mass is 19.1. The van der Waals surface area contributed by atoms with Crippen LogP contribution < -0.4 is 4.74 Å². The van der Waals surface area contributed by atoms with Crippen molar-refractivity contribution in [1.29, 1.82) is 0 Å². The largest absolute Gasteiger partial charge is 0.489 e. The zero-order valence-corrected chi connectivity index (χ0v) is 17.9. The third-order valence-corrected chi connectivity index (χ3v) is 4.73. The van der Waals surface area contributed by atoms with Gasteiger partial charge in [0.2, 0.25) is 0 Å². The number of ether oxygens (including phenoxy) is 2. The molecule has 0 radical (unpaired) electrons. The Morgan fingerprint density at radius 1 is 0.970 bits per heavy atom. The maximum Gasteiger partial charge on any atom is 0.357 e. The first kappa shape index (κ1) is 21.9. The van der Waals surface area contributed by atoms with Gasteiger partial charge in [-0.1, -0.05) is 54.6 Å². The number of rotatable bonds is 8. The molecule has 0 spiro atoms. The van der Waals surface area contributed by atoms with Gasteiger partial charge in [-0.25, -0.2) is 9.18 Å². The van der Waals surface area contributed by atoms with Crippen LogP contribution in [0.15, 0.2) is 78.9 Å². The van der Waals surface area contributed by atoms with Gasteiger partial charge in [0.25, 0.3) is 0 Å². The predicted molar refractivity (Wildman–Crippen MR) is 120 cm³/mol. The van der Waals surface area contributed by atoms with Crippen LogP contribution in [0.5, 0.6) is 5.75 Å². The van der Waals surface area contributed by atoms with Crippen LogP contribution in [0, 0.1) is 12.7 Å². The highest BCUT2D eigenvalue weighted by Crippen LogP contribution is 2.18. The Bertz CT molecular complexity index is 1270. The molecular weight excluding hydrogens is 423 g/mol. The van der Waals surface area contributed by atoms with Crippen molar-refractivity contribution < 1.29 is 18.7 Å². The van der Waals surface area contributed by atoms with E-state index >= 15 is 0 Å². The van der Waals surface area contributed by atoms with E-state index in [2.05, 4.69) is 15.5 Å². The number of aryl methyl sites for hydroxylation is 1. The standard InChI is InChI=1S/C25H21FN4O3/c1-18-27-28-29-30(18)24(15-20-9-5-11-22(26)13-20)25(31)33-17-21-10-6-12-23(14-21)32-16-19-7-3-2-4-8-19/h2-15H,16-17H2,1H3/b24-15-. The number of nitrogens with zero attached hydrogens (tertiary/aromatic N) is 4. The number of esters is 1. The third kappa shape index (κ3) is 5.88. The van der Waals surface area contributed by atoms with E-state index in [0.29, 0.717) is 23.7 Å². The fourth-order valence-electron chi connectivity index (χ4n) is 3.10. The van der Waals surface area contributed by atoms with Crippen LogP contribution in [-0.2, 0) is 22.7 Å². The molecule has 0 saturated heterocycles. The van der Waals surface area contributed by atoms with Gasteiger partial charge in [-0.3, -0.25) is 0 Å². The number of carbonyl (C=O) groups excluding carboxylic acids is 1. The Kier molecular flexibility index (Phi) is 6.84. The Balaban J connectivity index is 1.47. The number of hydrogen-bond donors (Lipinski definition) is 0. The molecule has 4 aromatic rings. The molecule has 0 aliphatic heterocycles. The smallest absolute Gasteiger partial charge is 0.357 e. The summed E-state index contributed by atoms with van der Waals surface area (Å²) >= 11 is 0. The van der Waals surface area contributed by atoms with Crippen LogP contribution in [-0.4, -0.2) is 26.2 Å². The molecule has 0 atom stereocenters. The lowest BCUT2D eigenvalue weighted by Gasteiger charge is -2.11. The first-order chi connectivity index (χ1) is 16.1. The third-order valence-electron chi connectivity index (χ3n) is 4.73. The van der Waals surface area contributed by atoms with E-state index in [4.69, 9.17) is 9.47 Å². The SMILES string of the molecule is Cc1nnnn1/C(=C\c1cccc(F)c1)C(=O)OCc1cccc(OCc2ccccc2)c1. The molecule has 0 saturated carbocycles. The van der Waals surface area contributed by atoms with Crippen LogP contribution in [0.25, 0.3) is 11.8 Å². The summed E-state index contributed by atoms with van der Waals surface area (Å²) in [5, 5.41) is 11.3. The van der Waals surface area contributed by atoms with Crippen LogP contribution in [0.2, 0.25) is 0 Å². The van der Waals surface area contributed by atoms with E-state index in [-0.39, 0.29) is 12.3 Å². The molecule has 3 aromatic carbocycles. The van der Waals surface area contributed by atoms with Crippen molar-refractivity contribution in [2.24, 2.45) is 0 Å². The van der Waals surface area contributed by atoms with Crippen LogP contribution >= 0.6 is 0 Å². The molecule has 7 nitrogen and oxygen atoms in total. The fourth-order valence-corrected chi connectivity index (χ4v) is 3.10. The second kappa shape index (κ2) is 10.3. The van der Waals surface area contributed by atoms with Crippen LogP contribution in [0.4, 0.5) is 4.39 Å². The molecule has 0 N–H and O–H groups in total. The molecule has 0 aliphatic carbocycles. The topological polar surface area (TPSA) is 79.1 Å². The highest BCUT2D eigenvalue weighted by Gasteiger charge is 2.18. The molecule has 0 unspecified atom stereocenters. The van der Waals surface area contributed by atoms with E-state index in [1.54, 1.807) is 19.1 Å². The van der Waals surface area contributed by atoms with Gasteiger partial charge in [0.15, 0.2) is 11.5 Å². The van der Waals surface area contributed by atoms with E-state index in [1.165, 1.54) is 22.9 Å². The first-order valence-electron chi connectivity index (χ1n) is 10.2. The molecular formula is C25H21FN4O3. The summed E-state index contributed by atoms with van der Waals surface area (Å²) < 4.78 is 26.2. The summed E-state index contributed by atoms with van der Waals surface area (Å²) in [6, 6.07) is 23.0. The van der Waals surface area contributed by atoms with E-state index in [1.807, 2.05) is 54.6 Å². The fraction of sp³-hybridized carbons (Fsp3) is 0.120. The van der Waals surface area contributed by atoms with Crippen molar-refractivity contribution >= 4 is 17.7 Å². The molecule has 1 aromatic heterocycles. The minimum atomic E-state index is -0.648. The number of benzene rings is 3. The van der Waals surface area contributed by atoms with Gasteiger partial charge in [-0.05, 0) is 64.4 Å². The van der Waals surface area contributed by atoms with Gasteiger partial charge in [-0.2, -0.15) is 4.68 Å². The summed E-state index contributed by atoms with van der Waals surface area (Å²) in [4.78, 5) is 12.9. The number of hydrogen-bond acceptors (Lipinski definition) is 6. The van der Waals surface area contributed by atoms with Gasteiger partial charge in [-0.15, -0.1) is 5.10 Å². The van der Waals surface area contributed by atoms with Crippen molar-refractivity contribution in [3.8, 4) is 5.75 Å². The molecule has 0 bridgehead atoms. The molecule has 4 rings (SSSR count). The lowest BCUT2D eigenvalue weighted by Crippen LogP contribution is -2.15. The zero-order chi connectivity index (χ0) is 23.0. The highest BCUT2D eigenvalue weighted by molar-refractivity contribution is 6.15. The number of halogens is 1. The molecule has 166 valence electrons. The number of aromatic nitrogens is 4. The van der Waals surface area contributed by atoms with E-state index in [9.17, 15) is 9.18 Å². The Hall–Kier alpha value is -4.33. The van der Waals surface area contributed by atoms with Crippen molar-refractivity contribution in [2.75, 3.05) is 0 Å². The number of carbonyl (C=O) groups is 1. The van der Waals surface area contributed by atoms with Crippen molar-refractivity contribution in [3.63, 3.8) is 0 Å². The van der Waals surface area contributed by atoms with Gasteiger partial charge in [0.05, 0.1) is 0 Å². The second-order valence-corrected chi connectivity index (χ2v) is 7.22. The van der Waals surface area contributed by atoms with Gasteiger partial charge >= 0.3 is 5.97 Å². The number of tetrazole rings is 1. The molecule has 1 heterocycles. The minimum Gasteiger partial charge on any atom is -0.489 e. The zero-order valence-electron chi connectivity index (χ0n) is 17.9. The molecule has 0 amide bonds. The normalized spacial score (nSPS) is 11.3. The molecule has 33 heavy (non-hydrogen) atoms. The molecule has 0 aliphatic rings. The van der Waals surface area contributed by atoms with Gasteiger partial charge in [0, 0.05) is 0 Å². The maximum atomic E-state index is 13.6. The van der Waals surface area contributed by atoms with Crippen LogP contribution in [0.1, 0.15) is 22.5 Å². The van der Waals surface area contributed by atoms with E-state index in [0.717, 1.165) is 11.1 Å². The van der Waals surface area contributed by atoms with Crippen LogP contribution in [0.3, 0.4) is 0 Å². The van der Waals surface area contributed by atoms with Crippen molar-refractivity contribution in [1.82, 2.24) is 20.2 Å². The maximum absolute atomic E-state index is 13.6. The Morgan fingerprint density at radius 3 is 2.52 bits per heavy atom. The van der Waals surface area contributed by atoms with Gasteiger partial charge < -0.3 is 9.47 Å². The summed E-state index contributed by atoms with van der Waals surface area (Å²) in [6.07, 6.45) is 1.48.